The highest BCUT2D eigenvalue weighted by Gasteiger charge is 2.21. The van der Waals surface area contributed by atoms with Crippen molar-refractivity contribution in [2.45, 2.75) is 19.4 Å². The van der Waals surface area contributed by atoms with Crippen molar-refractivity contribution in [3.8, 4) is 0 Å². The average Bonchev–Trinajstić information content (AvgIpc) is 2.70. The molecule has 0 N–H and O–H groups in total. The Bertz CT molecular complexity index is 323. The molecule has 1 saturated heterocycles. The number of hydrogen-bond acceptors (Lipinski definition) is 1. The van der Waals surface area contributed by atoms with Gasteiger partial charge in [-0.25, -0.2) is 0 Å². The fraction of sp³-hybridized carbons (Fsp3) is 0.538. The maximum Gasteiger partial charge on any atom is 0.0233 e. The number of halogens is 2. The van der Waals surface area contributed by atoms with Crippen molar-refractivity contribution >= 4 is 31.9 Å². The third kappa shape index (κ3) is 3.57. The molecule has 1 heterocycles. The van der Waals surface area contributed by atoms with Crippen molar-refractivity contribution in [2.75, 3.05) is 18.4 Å². The minimum atomic E-state index is 0.898. The number of alkyl halides is 1. The van der Waals surface area contributed by atoms with Crippen molar-refractivity contribution < 1.29 is 0 Å². The van der Waals surface area contributed by atoms with Crippen molar-refractivity contribution in [3.05, 3.63) is 34.3 Å². The van der Waals surface area contributed by atoms with E-state index in [0.29, 0.717) is 0 Å². The molecular weight excluding hydrogens is 330 g/mol. The Kier molecular flexibility index (Phi) is 4.86. The minimum Gasteiger partial charge on any atom is -0.299 e. The molecule has 16 heavy (non-hydrogen) atoms. The van der Waals surface area contributed by atoms with Crippen LogP contribution >= 0.6 is 31.9 Å². The molecule has 1 aromatic rings. The molecule has 88 valence electrons. The third-order valence-electron chi connectivity index (χ3n) is 3.21. The summed E-state index contributed by atoms with van der Waals surface area (Å²) in [7, 11) is 0. The SMILES string of the molecule is BrCCC1CCN(Cc2ccc(Br)cc2)C1. The van der Waals surface area contributed by atoms with E-state index in [1.54, 1.807) is 0 Å². The average molecular weight is 347 g/mol. The summed E-state index contributed by atoms with van der Waals surface area (Å²) in [5.41, 5.74) is 1.42. The Hall–Kier alpha value is 0.140. The summed E-state index contributed by atoms with van der Waals surface area (Å²) >= 11 is 7.00. The highest BCUT2D eigenvalue weighted by Crippen LogP contribution is 2.22. The molecule has 0 saturated carbocycles. The van der Waals surface area contributed by atoms with Crippen LogP contribution in [0.25, 0.3) is 0 Å². The van der Waals surface area contributed by atoms with Crippen molar-refractivity contribution in [1.82, 2.24) is 4.90 Å². The summed E-state index contributed by atoms with van der Waals surface area (Å²) in [4.78, 5) is 2.57. The molecule has 0 aliphatic carbocycles. The maximum absolute atomic E-state index is 3.53. The second kappa shape index (κ2) is 6.18. The van der Waals surface area contributed by atoms with Gasteiger partial charge in [-0.1, -0.05) is 44.0 Å². The van der Waals surface area contributed by atoms with Crippen LogP contribution in [0.5, 0.6) is 0 Å². The van der Waals surface area contributed by atoms with Gasteiger partial charge in [0.25, 0.3) is 0 Å². The monoisotopic (exact) mass is 345 g/mol. The quantitative estimate of drug-likeness (QED) is 0.743. The van der Waals surface area contributed by atoms with E-state index in [0.717, 1.165) is 22.3 Å². The van der Waals surface area contributed by atoms with Crippen LogP contribution in [0.3, 0.4) is 0 Å². The molecular formula is C13H17Br2N. The third-order valence-corrected chi connectivity index (χ3v) is 4.19. The fourth-order valence-electron chi connectivity index (χ4n) is 2.29. The fourth-order valence-corrected chi connectivity index (χ4v) is 3.21. The molecule has 0 aromatic heterocycles. The number of nitrogens with zero attached hydrogens (tertiary/aromatic N) is 1. The molecule has 3 heteroatoms. The number of hydrogen-bond donors (Lipinski definition) is 0. The Morgan fingerprint density at radius 3 is 2.69 bits per heavy atom. The molecule has 1 atom stereocenters. The molecule has 0 bridgehead atoms. The zero-order valence-corrected chi connectivity index (χ0v) is 12.5. The van der Waals surface area contributed by atoms with Crippen LogP contribution in [0, 0.1) is 5.92 Å². The zero-order chi connectivity index (χ0) is 11.4. The first-order chi connectivity index (χ1) is 7.78. The molecule has 1 fully saturated rings. The Morgan fingerprint density at radius 2 is 2.00 bits per heavy atom. The topological polar surface area (TPSA) is 3.24 Å². The summed E-state index contributed by atoms with van der Waals surface area (Å²) in [5, 5.41) is 1.14. The van der Waals surface area contributed by atoms with Gasteiger partial charge >= 0.3 is 0 Å². The summed E-state index contributed by atoms with van der Waals surface area (Å²) < 4.78 is 1.16. The van der Waals surface area contributed by atoms with Crippen molar-refractivity contribution in [1.29, 1.82) is 0 Å². The van der Waals surface area contributed by atoms with Crippen LogP contribution in [-0.4, -0.2) is 23.3 Å². The van der Waals surface area contributed by atoms with Crippen LogP contribution in [0.2, 0.25) is 0 Å². The summed E-state index contributed by atoms with van der Waals surface area (Å²) in [6.07, 6.45) is 2.68. The van der Waals surface area contributed by atoms with Gasteiger partial charge in [0, 0.05) is 22.9 Å². The second-order valence-electron chi connectivity index (χ2n) is 4.49. The van der Waals surface area contributed by atoms with E-state index in [4.69, 9.17) is 0 Å². The molecule has 0 radical (unpaired) electrons. The van der Waals surface area contributed by atoms with Crippen LogP contribution in [0.1, 0.15) is 18.4 Å². The molecule has 1 aromatic carbocycles. The first-order valence-electron chi connectivity index (χ1n) is 5.80. The zero-order valence-electron chi connectivity index (χ0n) is 9.33. The first kappa shape index (κ1) is 12.6. The summed E-state index contributed by atoms with van der Waals surface area (Å²) in [6.45, 7) is 3.63. The standard InChI is InChI=1S/C13H17Br2N/c14-7-5-12-6-8-16(10-12)9-11-1-3-13(15)4-2-11/h1-4,12H,5-10H2. The van der Waals surface area contributed by atoms with Crippen LogP contribution < -0.4 is 0 Å². The molecule has 0 spiro atoms. The molecule has 1 aliphatic heterocycles. The number of rotatable bonds is 4. The lowest BCUT2D eigenvalue weighted by Gasteiger charge is -2.15. The van der Waals surface area contributed by atoms with Gasteiger partial charge in [0.05, 0.1) is 0 Å². The largest absolute Gasteiger partial charge is 0.299 e. The lowest BCUT2D eigenvalue weighted by molar-refractivity contribution is 0.315. The van der Waals surface area contributed by atoms with E-state index in [1.807, 2.05) is 0 Å². The normalized spacial score (nSPS) is 21.5. The van der Waals surface area contributed by atoms with Crippen LogP contribution in [-0.2, 0) is 6.54 Å². The van der Waals surface area contributed by atoms with Gasteiger partial charge in [-0.2, -0.15) is 0 Å². The van der Waals surface area contributed by atoms with Crippen molar-refractivity contribution in [3.63, 3.8) is 0 Å². The van der Waals surface area contributed by atoms with Gasteiger partial charge in [0.1, 0.15) is 0 Å². The van der Waals surface area contributed by atoms with Gasteiger partial charge in [-0.15, -0.1) is 0 Å². The van der Waals surface area contributed by atoms with Gasteiger partial charge in [-0.05, 0) is 43.0 Å². The first-order valence-corrected chi connectivity index (χ1v) is 7.72. The van der Waals surface area contributed by atoms with E-state index in [1.165, 1.54) is 31.5 Å². The predicted octanol–water partition coefficient (Wildman–Crippen LogP) is 4.06. The molecule has 0 amide bonds. The molecule has 1 nitrogen and oxygen atoms in total. The van der Waals surface area contributed by atoms with Gasteiger partial charge in [0.2, 0.25) is 0 Å². The van der Waals surface area contributed by atoms with Gasteiger partial charge in [-0.3, -0.25) is 4.90 Å². The molecule has 1 aliphatic rings. The van der Waals surface area contributed by atoms with Crippen molar-refractivity contribution in [2.24, 2.45) is 5.92 Å². The minimum absolute atomic E-state index is 0.898. The summed E-state index contributed by atoms with van der Waals surface area (Å²) in [6, 6.07) is 8.67. The number of benzene rings is 1. The Balaban J connectivity index is 1.84. The van der Waals surface area contributed by atoms with E-state index in [9.17, 15) is 0 Å². The Morgan fingerprint density at radius 1 is 1.25 bits per heavy atom. The highest BCUT2D eigenvalue weighted by molar-refractivity contribution is 9.10. The van der Waals surface area contributed by atoms with Gasteiger partial charge in [0.15, 0.2) is 0 Å². The lowest BCUT2D eigenvalue weighted by Crippen LogP contribution is -2.20. The lowest BCUT2D eigenvalue weighted by atomic mass is 10.1. The maximum atomic E-state index is 3.53. The second-order valence-corrected chi connectivity index (χ2v) is 6.20. The smallest absolute Gasteiger partial charge is 0.0233 e. The highest BCUT2D eigenvalue weighted by atomic mass is 79.9. The van der Waals surface area contributed by atoms with Crippen LogP contribution in [0.4, 0.5) is 0 Å². The van der Waals surface area contributed by atoms with E-state index < -0.39 is 0 Å². The number of likely N-dealkylation sites (tertiary alicyclic amines) is 1. The van der Waals surface area contributed by atoms with E-state index in [-0.39, 0.29) is 0 Å². The van der Waals surface area contributed by atoms with E-state index >= 15 is 0 Å². The molecule has 1 unspecified atom stereocenters. The van der Waals surface area contributed by atoms with Gasteiger partial charge < -0.3 is 0 Å². The van der Waals surface area contributed by atoms with Crippen LogP contribution in [0.15, 0.2) is 28.7 Å². The van der Waals surface area contributed by atoms with E-state index in [2.05, 4.69) is 61.0 Å². The predicted molar refractivity (Wildman–Crippen MR) is 75.9 cm³/mol. The Labute approximate surface area is 114 Å². The summed E-state index contributed by atoms with van der Waals surface area (Å²) in [5.74, 6) is 0.898. The molecule has 2 rings (SSSR count).